The van der Waals surface area contributed by atoms with Gasteiger partial charge in [-0.2, -0.15) is 0 Å². The van der Waals surface area contributed by atoms with Crippen LogP contribution in [0.1, 0.15) is 25.3 Å². The summed E-state index contributed by atoms with van der Waals surface area (Å²) in [6.07, 6.45) is 3.08. The van der Waals surface area contributed by atoms with Gasteiger partial charge in [0, 0.05) is 30.1 Å². The van der Waals surface area contributed by atoms with Crippen LogP contribution in [0.25, 0.3) is 0 Å². The average molecular weight is 398 g/mol. The summed E-state index contributed by atoms with van der Waals surface area (Å²) in [5.74, 6) is 0.682. The Morgan fingerprint density at radius 1 is 1.34 bits per heavy atom. The molecule has 7 nitrogen and oxygen atoms in total. The molecule has 2 saturated heterocycles. The lowest BCUT2D eigenvalue weighted by atomic mass is 9.66. The summed E-state index contributed by atoms with van der Waals surface area (Å²) in [5.41, 5.74) is 1.85. The zero-order chi connectivity index (χ0) is 20.3. The van der Waals surface area contributed by atoms with Gasteiger partial charge in [0.25, 0.3) is 0 Å². The van der Waals surface area contributed by atoms with Crippen LogP contribution in [0.15, 0.2) is 30.0 Å². The number of carbonyl (C=O) groups is 2. The van der Waals surface area contributed by atoms with Gasteiger partial charge in [-0.1, -0.05) is 0 Å². The lowest BCUT2D eigenvalue weighted by Crippen LogP contribution is -2.56. The van der Waals surface area contributed by atoms with E-state index in [4.69, 9.17) is 14.2 Å². The quantitative estimate of drug-likeness (QED) is 0.769. The SMILES string of the molecule is COC(=O)C1=CO[C@@H](C)[C@@H]2CN3CC[C@@]4(C(=O)Nc5ccc(OC)cc54)[C@@H]3C[C@H]12. The number of piperidine rings is 1. The maximum atomic E-state index is 13.3. The minimum absolute atomic E-state index is 0.0184. The summed E-state index contributed by atoms with van der Waals surface area (Å²) in [5, 5.41) is 3.09. The highest BCUT2D eigenvalue weighted by Gasteiger charge is 2.61. The summed E-state index contributed by atoms with van der Waals surface area (Å²) in [6.45, 7) is 3.71. The van der Waals surface area contributed by atoms with Crippen molar-refractivity contribution in [3.63, 3.8) is 0 Å². The van der Waals surface area contributed by atoms with E-state index in [2.05, 4.69) is 17.1 Å². The lowest BCUT2D eigenvalue weighted by Gasteiger charge is -2.48. The Labute approximate surface area is 170 Å². The number of ether oxygens (including phenoxy) is 3. The van der Waals surface area contributed by atoms with Crippen molar-refractivity contribution in [2.24, 2.45) is 11.8 Å². The van der Waals surface area contributed by atoms with Crippen molar-refractivity contribution in [1.82, 2.24) is 4.90 Å². The molecule has 4 aliphatic heterocycles. The zero-order valence-electron chi connectivity index (χ0n) is 16.9. The molecule has 4 aliphatic rings. The Morgan fingerprint density at radius 3 is 2.93 bits per heavy atom. The van der Waals surface area contributed by atoms with Crippen LogP contribution in [0.3, 0.4) is 0 Å². The van der Waals surface area contributed by atoms with Gasteiger partial charge in [-0.25, -0.2) is 4.79 Å². The first kappa shape index (κ1) is 18.5. The summed E-state index contributed by atoms with van der Waals surface area (Å²) in [6, 6.07) is 5.81. The van der Waals surface area contributed by atoms with Crippen molar-refractivity contribution in [3.8, 4) is 5.75 Å². The van der Waals surface area contributed by atoms with Gasteiger partial charge in [0.05, 0.1) is 37.6 Å². The topological polar surface area (TPSA) is 77.1 Å². The van der Waals surface area contributed by atoms with E-state index in [-0.39, 0.29) is 35.9 Å². The summed E-state index contributed by atoms with van der Waals surface area (Å²) in [7, 11) is 3.04. The molecule has 1 aromatic carbocycles. The van der Waals surface area contributed by atoms with Gasteiger partial charge in [-0.3, -0.25) is 9.69 Å². The maximum Gasteiger partial charge on any atom is 0.337 e. The van der Waals surface area contributed by atoms with Crippen LogP contribution in [0.4, 0.5) is 5.69 Å². The average Bonchev–Trinajstić information content (AvgIpc) is 3.25. The third kappa shape index (κ3) is 2.46. The zero-order valence-corrected chi connectivity index (χ0v) is 16.9. The van der Waals surface area contributed by atoms with E-state index in [1.165, 1.54) is 7.11 Å². The molecule has 0 unspecified atom stereocenters. The second kappa shape index (κ2) is 6.49. The van der Waals surface area contributed by atoms with E-state index in [1.54, 1.807) is 13.4 Å². The molecular formula is C22H26N2O5. The molecule has 4 heterocycles. The number of methoxy groups -OCH3 is 2. The van der Waals surface area contributed by atoms with Crippen molar-refractivity contribution in [2.45, 2.75) is 37.3 Å². The Kier molecular flexibility index (Phi) is 4.13. The Morgan fingerprint density at radius 2 is 2.17 bits per heavy atom. The van der Waals surface area contributed by atoms with Crippen LogP contribution in [0.2, 0.25) is 0 Å². The Bertz CT molecular complexity index is 912. The molecule has 7 heteroatoms. The van der Waals surface area contributed by atoms with Crippen LogP contribution < -0.4 is 10.1 Å². The predicted octanol–water partition coefficient (Wildman–Crippen LogP) is 2.07. The van der Waals surface area contributed by atoms with Crippen molar-refractivity contribution in [3.05, 3.63) is 35.6 Å². The van der Waals surface area contributed by atoms with Gasteiger partial charge in [-0.15, -0.1) is 0 Å². The standard InChI is InChI=1S/C22H26N2O5/c1-12-15-10-24-7-6-22(17-8-13(27-2)4-5-18(17)23-21(22)26)19(24)9-14(15)16(11-29-12)20(25)28-3/h4-5,8,11-12,14-15,19H,6-7,9-10H2,1-3H3,(H,23,26)/t12-,14-,15-,19-,22-/m0/s1. The fourth-order valence-electron chi connectivity index (χ4n) is 5.92. The van der Waals surface area contributed by atoms with E-state index in [9.17, 15) is 9.59 Å². The highest BCUT2D eigenvalue weighted by atomic mass is 16.5. The number of nitrogens with zero attached hydrogens (tertiary/aromatic N) is 1. The highest BCUT2D eigenvalue weighted by Crippen LogP contribution is 2.54. The molecule has 0 aromatic heterocycles. The summed E-state index contributed by atoms with van der Waals surface area (Å²) >= 11 is 0. The van der Waals surface area contributed by atoms with Gasteiger partial charge in [-0.05, 0) is 50.1 Å². The first-order valence-electron chi connectivity index (χ1n) is 10.2. The molecule has 0 aliphatic carbocycles. The molecule has 1 N–H and O–H groups in total. The van der Waals surface area contributed by atoms with Crippen LogP contribution in [0.5, 0.6) is 5.75 Å². The van der Waals surface area contributed by atoms with Crippen LogP contribution >= 0.6 is 0 Å². The van der Waals surface area contributed by atoms with E-state index >= 15 is 0 Å². The molecule has 0 saturated carbocycles. The molecule has 5 rings (SSSR count). The van der Waals surface area contributed by atoms with Crippen molar-refractivity contribution < 1.29 is 23.8 Å². The number of hydrogen-bond donors (Lipinski definition) is 1. The number of esters is 1. The smallest absolute Gasteiger partial charge is 0.337 e. The molecular weight excluding hydrogens is 372 g/mol. The predicted molar refractivity (Wildman–Crippen MR) is 106 cm³/mol. The van der Waals surface area contributed by atoms with Gasteiger partial charge < -0.3 is 19.5 Å². The fraction of sp³-hybridized carbons (Fsp3) is 0.545. The highest BCUT2D eigenvalue weighted by molar-refractivity contribution is 6.07. The number of rotatable bonds is 2. The minimum atomic E-state index is -0.613. The third-order valence-electron chi connectivity index (χ3n) is 7.44. The van der Waals surface area contributed by atoms with E-state index in [0.29, 0.717) is 5.57 Å². The Balaban J connectivity index is 1.56. The molecule has 0 radical (unpaired) electrons. The number of anilines is 1. The second-order valence-corrected chi connectivity index (χ2v) is 8.51. The van der Waals surface area contributed by atoms with E-state index < -0.39 is 5.41 Å². The van der Waals surface area contributed by atoms with Gasteiger partial charge in [0.2, 0.25) is 5.91 Å². The van der Waals surface area contributed by atoms with Crippen LogP contribution in [-0.2, 0) is 24.5 Å². The number of nitrogens with one attached hydrogen (secondary N) is 1. The van der Waals surface area contributed by atoms with Crippen molar-refractivity contribution >= 4 is 17.6 Å². The molecule has 0 bridgehead atoms. The first-order valence-corrected chi connectivity index (χ1v) is 10.2. The van der Waals surface area contributed by atoms with Crippen LogP contribution in [0, 0.1) is 11.8 Å². The van der Waals surface area contributed by atoms with Crippen LogP contribution in [-0.4, -0.2) is 56.2 Å². The molecule has 29 heavy (non-hydrogen) atoms. The number of benzene rings is 1. The summed E-state index contributed by atoms with van der Waals surface area (Å²) < 4.78 is 16.2. The fourth-order valence-corrected chi connectivity index (χ4v) is 5.92. The van der Waals surface area contributed by atoms with Gasteiger partial charge >= 0.3 is 5.97 Å². The molecule has 1 aromatic rings. The molecule has 154 valence electrons. The minimum Gasteiger partial charge on any atom is -0.497 e. The number of fused-ring (bicyclic) bond motifs is 5. The second-order valence-electron chi connectivity index (χ2n) is 8.51. The summed E-state index contributed by atoms with van der Waals surface area (Å²) in [4.78, 5) is 28.1. The number of carbonyl (C=O) groups excluding carboxylic acids is 2. The van der Waals surface area contributed by atoms with E-state index in [1.807, 2.05) is 18.2 Å². The van der Waals surface area contributed by atoms with Gasteiger partial charge in [0.15, 0.2) is 0 Å². The third-order valence-corrected chi connectivity index (χ3v) is 7.44. The monoisotopic (exact) mass is 398 g/mol. The lowest BCUT2D eigenvalue weighted by molar-refractivity contribution is -0.139. The normalized spacial score (nSPS) is 35.1. The van der Waals surface area contributed by atoms with Crippen molar-refractivity contribution in [2.75, 3.05) is 32.6 Å². The molecule has 2 fully saturated rings. The molecule has 1 amide bonds. The van der Waals surface area contributed by atoms with Crippen molar-refractivity contribution in [1.29, 1.82) is 0 Å². The number of hydrogen-bond acceptors (Lipinski definition) is 6. The Hall–Kier alpha value is -2.54. The molecule has 5 atom stereocenters. The number of amides is 1. The van der Waals surface area contributed by atoms with Gasteiger partial charge in [0.1, 0.15) is 5.75 Å². The molecule has 1 spiro atoms. The van der Waals surface area contributed by atoms with E-state index in [0.717, 1.165) is 42.9 Å². The maximum absolute atomic E-state index is 13.3. The largest absolute Gasteiger partial charge is 0.497 e. The first-order chi connectivity index (χ1) is 14.0.